The first-order valence-electron chi connectivity index (χ1n) is 9.34. The van der Waals surface area contributed by atoms with E-state index in [-0.39, 0.29) is 5.92 Å². The van der Waals surface area contributed by atoms with Crippen molar-refractivity contribution in [2.45, 2.75) is 12.8 Å². The highest BCUT2D eigenvalue weighted by atomic mass is 79.9. The molecule has 0 aliphatic carbocycles. The summed E-state index contributed by atoms with van der Waals surface area (Å²) in [5.41, 5.74) is 6.52. The maximum atomic E-state index is 10.4. The summed E-state index contributed by atoms with van der Waals surface area (Å²) in [6, 6.07) is 18.3. The van der Waals surface area contributed by atoms with Gasteiger partial charge in [0.2, 0.25) is 0 Å². The van der Waals surface area contributed by atoms with Gasteiger partial charge in [0.05, 0.1) is 0 Å². The molecule has 5 aromatic rings. The Hall–Kier alpha value is -2.50. The highest BCUT2D eigenvalue weighted by Crippen LogP contribution is 2.42. The van der Waals surface area contributed by atoms with E-state index in [0.717, 1.165) is 41.9 Å². The van der Waals surface area contributed by atoms with Gasteiger partial charge in [0, 0.05) is 49.1 Å². The van der Waals surface area contributed by atoms with Gasteiger partial charge >= 0.3 is 0 Å². The summed E-state index contributed by atoms with van der Waals surface area (Å²) in [5.74, 6) is 0.280. The number of hydrogen-bond donors (Lipinski definition) is 3. The summed E-state index contributed by atoms with van der Waals surface area (Å²) >= 11 is 7.23. The number of phenolic OH excluding ortho intramolecular Hbond substituents is 1. The van der Waals surface area contributed by atoms with E-state index in [1.54, 1.807) is 6.07 Å². The van der Waals surface area contributed by atoms with Gasteiger partial charge < -0.3 is 15.1 Å². The third-order valence-electron chi connectivity index (χ3n) is 5.63. The van der Waals surface area contributed by atoms with Crippen LogP contribution in [0.3, 0.4) is 0 Å². The minimum atomic E-state index is -0.0341. The largest absolute Gasteiger partial charge is 0.508 e. The van der Waals surface area contributed by atoms with Crippen molar-refractivity contribution in [3.05, 3.63) is 98.2 Å². The molecule has 144 valence electrons. The topological polar surface area (TPSA) is 51.8 Å². The van der Waals surface area contributed by atoms with E-state index in [2.05, 4.69) is 84.6 Å². The molecule has 3 N–H and O–H groups in total. The van der Waals surface area contributed by atoms with Crippen molar-refractivity contribution in [2.24, 2.45) is 0 Å². The predicted molar refractivity (Wildman–Crippen MR) is 126 cm³/mol. The molecule has 0 atom stereocenters. The van der Waals surface area contributed by atoms with Crippen LogP contribution in [0.25, 0.3) is 21.8 Å². The fourth-order valence-corrected chi connectivity index (χ4v) is 4.88. The van der Waals surface area contributed by atoms with Crippen LogP contribution in [-0.4, -0.2) is 15.1 Å². The summed E-state index contributed by atoms with van der Waals surface area (Å²) in [4.78, 5) is 6.84. The Balaban J connectivity index is 1.85. The van der Waals surface area contributed by atoms with E-state index < -0.39 is 0 Å². The lowest BCUT2D eigenvalue weighted by molar-refractivity contribution is 0.470. The second kappa shape index (κ2) is 7.08. The van der Waals surface area contributed by atoms with Gasteiger partial charge in [-0.3, -0.25) is 0 Å². The molecular weight excluding hydrogens is 492 g/mol. The van der Waals surface area contributed by atoms with E-state index in [4.69, 9.17) is 0 Å². The zero-order chi connectivity index (χ0) is 20.1. The lowest BCUT2D eigenvalue weighted by Gasteiger charge is -2.20. The minimum Gasteiger partial charge on any atom is -0.508 e. The molecule has 2 aromatic heterocycles. The Labute approximate surface area is 185 Å². The molecule has 5 heteroatoms. The molecule has 2 heterocycles. The quantitative estimate of drug-likeness (QED) is 0.233. The zero-order valence-electron chi connectivity index (χ0n) is 15.6. The van der Waals surface area contributed by atoms with Gasteiger partial charge in [0.1, 0.15) is 5.75 Å². The van der Waals surface area contributed by atoms with E-state index in [0.29, 0.717) is 5.75 Å². The Kier molecular flexibility index (Phi) is 4.52. The summed E-state index contributed by atoms with van der Waals surface area (Å²) < 4.78 is 2.08. The van der Waals surface area contributed by atoms with Crippen molar-refractivity contribution < 1.29 is 5.11 Å². The number of phenols is 1. The van der Waals surface area contributed by atoms with Crippen molar-refractivity contribution in [3.63, 3.8) is 0 Å². The van der Waals surface area contributed by atoms with Crippen LogP contribution in [0.15, 0.2) is 75.9 Å². The number of rotatable bonds is 3. The Bertz CT molecular complexity index is 1290. The van der Waals surface area contributed by atoms with Crippen LogP contribution >= 0.6 is 31.9 Å². The average molecular weight is 510 g/mol. The van der Waals surface area contributed by atoms with Gasteiger partial charge in [-0.2, -0.15) is 0 Å². The second-order valence-electron chi connectivity index (χ2n) is 7.29. The molecule has 0 fully saturated rings. The minimum absolute atomic E-state index is 0.0341. The van der Waals surface area contributed by atoms with Crippen LogP contribution in [0.4, 0.5) is 0 Å². The maximum absolute atomic E-state index is 10.4. The molecule has 0 saturated heterocycles. The van der Waals surface area contributed by atoms with Crippen molar-refractivity contribution in [2.75, 3.05) is 0 Å². The third kappa shape index (κ3) is 3.09. The van der Waals surface area contributed by atoms with Crippen LogP contribution in [0.1, 0.15) is 28.2 Å². The molecule has 0 aliphatic heterocycles. The molecular formula is C24H18Br2N2O. The zero-order valence-corrected chi connectivity index (χ0v) is 18.8. The van der Waals surface area contributed by atoms with Gasteiger partial charge in [0.15, 0.2) is 0 Å². The lowest BCUT2D eigenvalue weighted by Crippen LogP contribution is -2.04. The Morgan fingerprint density at radius 1 is 0.759 bits per heavy atom. The fourth-order valence-electron chi connectivity index (χ4n) is 4.16. The van der Waals surface area contributed by atoms with Gasteiger partial charge in [-0.05, 0) is 71.6 Å². The number of nitrogens with one attached hydrogen (secondary N) is 2. The molecule has 0 amide bonds. The lowest BCUT2D eigenvalue weighted by atomic mass is 9.82. The van der Waals surface area contributed by atoms with Crippen LogP contribution < -0.4 is 0 Å². The molecule has 0 saturated carbocycles. The molecule has 0 aliphatic rings. The summed E-state index contributed by atoms with van der Waals surface area (Å²) in [7, 11) is 0. The SMILES string of the molecule is Cc1c(O)cccc1C(c1c[nH]c2ccc(Br)cc12)c1c[nH]c2ccc(Br)cc12. The van der Waals surface area contributed by atoms with Crippen LogP contribution in [0.5, 0.6) is 5.75 Å². The van der Waals surface area contributed by atoms with Crippen LogP contribution in [0.2, 0.25) is 0 Å². The number of benzene rings is 3. The highest BCUT2D eigenvalue weighted by Gasteiger charge is 2.25. The first kappa shape index (κ1) is 18.5. The third-order valence-corrected chi connectivity index (χ3v) is 6.62. The van der Waals surface area contributed by atoms with Gasteiger partial charge in [-0.15, -0.1) is 0 Å². The van der Waals surface area contributed by atoms with E-state index in [1.165, 1.54) is 11.1 Å². The number of aromatic nitrogens is 2. The Morgan fingerprint density at radius 2 is 1.31 bits per heavy atom. The van der Waals surface area contributed by atoms with Gasteiger partial charge in [-0.25, -0.2) is 0 Å². The summed E-state index contributed by atoms with van der Waals surface area (Å²) in [6.07, 6.45) is 4.17. The molecule has 0 unspecified atom stereocenters. The summed E-state index contributed by atoms with van der Waals surface area (Å²) in [6.45, 7) is 1.98. The number of aromatic hydroxyl groups is 1. The number of H-pyrrole nitrogens is 2. The van der Waals surface area contributed by atoms with Crippen molar-refractivity contribution in [3.8, 4) is 5.75 Å². The van der Waals surface area contributed by atoms with E-state index >= 15 is 0 Å². The standard InChI is InChI=1S/C24H18Br2N2O/c1-13-16(3-2-4-23(13)29)24(19-11-27-21-7-5-14(25)9-17(19)21)20-12-28-22-8-6-15(26)10-18(20)22/h2-12,24,27-29H,1H3. The highest BCUT2D eigenvalue weighted by molar-refractivity contribution is 9.10. The number of halogens is 2. The Morgan fingerprint density at radius 3 is 1.86 bits per heavy atom. The molecule has 3 nitrogen and oxygen atoms in total. The van der Waals surface area contributed by atoms with Crippen LogP contribution in [-0.2, 0) is 0 Å². The molecule has 0 spiro atoms. The van der Waals surface area contributed by atoms with E-state index in [9.17, 15) is 5.11 Å². The van der Waals surface area contributed by atoms with Crippen LogP contribution in [0, 0.1) is 6.92 Å². The molecule has 0 radical (unpaired) electrons. The second-order valence-corrected chi connectivity index (χ2v) is 9.12. The molecule has 3 aromatic carbocycles. The first-order valence-corrected chi connectivity index (χ1v) is 10.9. The van der Waals surface area contributed by atoms with Crippen molar-refractivity contribution in [1.29, 1.82) is 0 Å². The van der Waals surface area contributed by atoms with Crippen molar-refractivity contribution >= 4 is 53.7 Å². The fraction of sp³-hybridized carbons (Fsp3) is 0.0833. The van der Waals surface area contributed by atoms with Gasteiger partial charge in [-0.1, -0.05) is 44.0 Å². The molecule has 29 heavy (non-hydrogen) atoms. The number of hydrogen-bond acceptors (Lipinski definition) is 1. The number of aromatic amines is 2. The smallest absolute Gasteiger partial charge is 0.118 e. The molecule has 5 rings (SSSR count). The normalized spacial score (nSPS) is 11.7. The molecule has 0 bridgehead atoms. The van der Waals surface area contributed by atoms with Gasteiger partial charge in [0.25, 0.3) is 0 Å². The maximum Gasteiger partial charge on any atom is 0.118 e. The van der Waals surface area contributed by atoms with Crippen molar-refractivity contribution in [1.82, 2.24) is 9.97 Å². The summed E-state index contributed by atoms with van der Waals surface area (Å²) in [5, 5.41) is 12.8. The average Bonchev–Trinajstić information content (AvgIpc) is 3.30. The monoisotopic (exact) mass is 508 g/mol. The first-order chi connectivity index (χ1) is 14.0. The predicted octanol–water partition coefficient (Wildman–Crippen LogP) is 7.37. The van der Waals surface area contributed by atoms with E-state index in [1.807, 2.05) is 25.1 Å². The number of fused-ring (bicyclic) bond motifs is 2.